The second kappa shape index (κ2) is 8.84. The lowest BCUT2D eigenvalue weighted by atomic mass is 10.1. The fourth-order valence-electron chi connectivity index (χ4n) is 3.95. The van der Waals surface area contributed by atoms with E-state index in [-0.39, 0.29) is 22.1 Å². The Balaban J connectivity index is 2.35. The second-order valence-electron chi connectivity index (χ2n) is 8.41. The Hall–Kier alpha value is -3.65. The lowest BCUT2D eigenvalue weighted by molar-refractivity contribution is -0.385. The van der Waals surface area contributed by atoms with Crippen molar-refractivity contribution >= 4 is 30.3 Å². The number of nitro groups is 1. The fourth-order valence-corrected chi connectivity index (χ4v) is 8.37. The lowest BCUT2D eigenvalue weighted by Gasteiger charge is -2.43. The number of amides is 1. The van der Waals surface area contributed by atoms with Crippen molar-refractivity contribution in [2.45, 2.75) is 25.8 Å². The van der Waals surface area contributed by atoms with Gasteiger partial charge in [0.25, 0.3) is 11.6 Å². The van der Waals surface area contributed by atoms with E-state index in [0.29, 0.717) is 0 Å². The van der Waals surface area contributed by atoms with Crippen LogP contribution in [-0.2, 0) is 0 Å². The summed E-state index contributed by atoms with van der Waals surface area (Å²) in [6, 6.07) is 22.3. The molecule has 8 heteroatoms. The van der Waals surface area contributed by atoms with Crippen LogP contribution in [-0.4, -0.2) is 26.3 Å². The van der Waals surface area contributed by atoms with Crippen molar-refractivity contribution in [3.63, 3.8) is 0 Å². The Morgan fingerprint density at radius 2 is 1.44 bits per heavy atom. The van der Waals surface area contributed by atoms with Crippen LogP contribution in [0, 0.1) is 10.1 Å². The first-order valence-corrected chi connectivity index (χ1v) is 12.0. The van der Waals surface area contributed by atoms with Crippen LogP contribution >= 0.6 is 0 Å². The van der Waals surface area contributed by atoms with Crippen molar-refractivity contribution in [1.29, 1.82) is 0 Å². The Labute approximate surface area is 188 Å². The van der Waals surface area contributed by atoms with Crippen molar-refractivity contribution in [3.8, 4) is 11.5 Å². The van der Waals surface area contributed by atoms with E-state index >= 15 is 0 Å². The first-order chi connectivity index (χ1) is 15.1. The summed E-state index contributed by atoms with van der Waals surface area (Å²) in [5.74, 6) is -0.512. The number of benzene rings is 3. The first-order valence-electron chi connectivity index (χ1n) is 10.1. The van der Waals surface area contributed by atoms with Crippen LogP contribution in [0.1, 0.15) is 31.1 Å². The molecule has 3 aromatic carbocycles. The number of hydrogen-bond acceptors (Lipinski definition) is 5. The molecule has 0 saturated carbocycles. The molecule has 0 aliphatic rings. The molecule has 166 valence electrons. The smallest absolute Gasteiger partial charge is 0.320 e. The van der Waals surface area contributed by atoms with Gasteiger partial charge in [0.15, 0.2) is 5.75 Å². The van der Waals surface area contributed by atoms with Gasteiger partial charge in [0.2, 0.25) is 0 Å². The van der Waals surface area contributed by atoms with Gasteiger partial charge in [0.1, 0.15) is 11.3 Å². The third-order valence-electron chi connectivity index (χ3n) is 5.42. The summed E-state index contributed by atoms with van der Waals surface area (Å²) in [6.45, 7) is 6.31. The molecule has 1 amide bonds. The normalized spacial score (nSPS) is 11.6. The quantitative estimate of drug-likeness (QED) is 0.336. The minimum absolute atomic E-state index is 0.162. The lowest BCUT2D eigenvalue weighted by Crippen LogP contribution is -2.68. The summed E-state index contributed by atoms with van der Waals surface area (Å²) in [5, 5.41) is 13.2. The van der Waals surface area contributed by atoms with E-state index in [1.165, 1.54) is 19.2 Å². The zero-order valence-corrected chi connectivity index (χ0v) is 19.5. The molecule has 0 aliphatic heterocycles. The molecule has 0 bridgehead atoms. The molecule has 7 nitrogen and oxygen atoms in total. The molecule has 0 unspecified atom stereocenters. The van der Waals surface area contributed by atoms with E-state index in [2.05, 4.69) is 20.8 Å². The average Bonchev–Trinajstić information content (AvgIpc) is 2.77. The minimum Gasteiger partial charge on any atom is -0.531 e. The Morgan fingerprint density at radius 1 is 0.938 bits per heavy atom. The summed E-state index contributed by atoms with van der Waals surface area (Å²) < 4.78 is 12.3. The largest absolute Gasteiger partial charge is 0.531 e. The van der Waals surface area contributed by atoms with Gasteiger partial charge in [-0.3, -0.25) is 14.9 Å². The Morgan fingerprint density at radius 3 is 1.81 bits per heavy atom. The van der Waals surface area contributed by atoms with E-state index < -0.39 is 24.8 Å². The van der Waals surface area contributed by atoms with Crippen molar-refractivity contribution < 1.29 is 18.9 Å². The molecule has 3 aromatic rings. The van der Waals surface area contributed by atoms with Crippen LogP contribution in [0.4, 0.5) is 5.69 Å². The van der Waals surface area contributed by atoms with Crippen LogP contribution in [0.3, 0.4) is 0 Å². The third kappa shape index (κ3) is 4.09. The van der Waals surface area contributed by atoms with Crippen LogP contribution in [0.15, 0.2) is 72.8 Å². The van der Waals surface area contributed by atoms with Gasteiger partial charge < -0.3 is 14.9 Å². The number of methoxy groups -OCH3 is 1. The predicted molar refractivity (Wildman–Crippen MR) is 126 cm³/mol. The highest BCUT2D eigenvalue weighted by atomic mass is 28.4. The van der Waals surface area contributed by atoms with Gasteiger partial charge in [-0.2, -0.15) is 0 Å². The van der Waals surface area contributed by atoms with E-state index in [0.717, 1.165) is 10.4 Å². The van der Waals surface area contributed by atoms with Gasteiger partial charge in [0.05, 0.1) is 18.1 Å². The summed E-state index contributed by atoms with van der Waals surface area (Å²) in [7, 11) is -1.64. The number of nitrogens with two attached hydrogens (primary N) is 1. The standard InChI is InChI=1S/C24H26N2O5Si/c1-24(2,3)32(17-11-7-5-8-12-17,18-13-9-6-10-14-18)31-22-15-19(23(25)27)20(26(28)29)16-21(22)30-4/h5-16H,1-4H3,(H2,25,27). The summed E-state index contributed by atoms with van der Waals surface area (Å²) >= 11 is 0. The second-order valence-corrected chi connectivity index (χ2v) is 12.6. The molecule has 2 N–H and O–H groups in total. The summed E-state index contributed by atoms with van der Waals surface area (Å²) in [6.07, 6.45) is 0. The first kappa shape index (κ1) is 23.0. The highest BCUT2D eigenvalue weighted by molar-refractivity contribution is 7.00. The molecule has 3 rings (SSSR count). The number of primary amides is 1. The van der Waals surface area contributed by atoms with Gasteiger partial charge in [-0.05, 0) is 15.4 Å². The van der Waals surface area contributed by atoms with Crippen molar-refractivity contribution in [2.75, 3.05) is 7.11 Å². The van der Waals surface area contributed by atoms with E-state index in [1.807, 2.05) is 60.7 Å². The number of hydrogen-bond donors (Lipinski definition) is 1. The molecule has 0 atom stereocenters. The molecule has 0 saturated heterocycles. The highest BCUT2D eigenvalue weighted by Crippen LogP contribution is 2.42. The number of nitro benzene ring substituents is 1. The minimum atomic E-state index is -3.04. The zero-order valence-electron chi connectivity index (χ0n) is 18.5. The molecule has 0 radical (unpaired) electrons. The summed E-state index contributed by atoms with van der Waals surface area (Å²) in [5.41, 5.74) is 4.80. The molecular weight excluding hydrogens is 424 g/mol. The van der Waals surface area contributed by atoms with E-state index in [1.54, 1.807) is 0 Å². The topological polar surface area (TPSA) is 105 Å². The van der Waals surface area contributed by atoms with Crippen LogP contribution in [0.2, 0.25) is 5.04 Å². The van der Waals surface area contributed by atoms with Crippen LogP contribution in [0.25, 0.3) is 0 Å². The van der Waals surface area contributed by atoms with E-state index in [4.69, 9.17) is 14.9 Å². The number of carbonyl (C=O) groups is 1. The monoisotopic (exact) mass is 450 g/mol. The van der Waals surface area contributed by atoms with Crippen molar-refractivity contribution in [2.24, 2.45) is 5.73 Å². The highest BCUT2D eigenvalue weighted by Gasteiger charge is 2.52. The third-order valence-corrected chi connectivity index (χ3v) is 10.4. The molecule has 32 heavy (non-hydrogen) atoms. The summed E-state index contributed by atoms with van der Waals surface area (Å²) in [4.78, 5) is 22.9. The maximum atomic E-state index is 12.0. The van der Waals surface area contributed by atoms with Gasteiger partial charge in [-0.25, -0.2) is 0 Å². The average molecular weight is 451 g/mol. The number of nitrogens with zero attached hydrogens (tertiary/aromatic N) is 1. The Kier molecular flexibility index (Phi) is 6.36. The molecule has 0 fully saturated rings. The van der Waals surface area contributed by atoms with Gasteiger partial charge in [0, 0.05) is 6.07 Å². The Bertz CT molecular complexity index is 1090. The maximum Gasteiger partial charge on any atom is 0.320 e. The van der Waals surface area contributed by atoms with Crippen molar-refractivity contribution in [3.05, 3.63) is 88.5 Å². The van der Waals surface area contributed by atoms with Crippen LogP contribution < -0.4 is 25.3 Å². The van der Waals surface area contributed by atoms with Crippen LogP contribution in [0.5, 0.6) is 11.5 Å². The molecule has 0 aromatic heterocycles. The van der Waals surface area contributed by atoms with Gasteiger partial charge in [-0.15, -0.1) is 0 Å². The van der Waals surface area contributed by atoms with Crippen molar-refractivity contribution in [1.82, 2.24) is 0 Å². The molecule has 0 aliphatic carbocycles. The SMILES string of the molecule is COc1cc([N+](=O)[O-])c(C(N)=O)cc1O[Si](c1ccccc1)(c1ccccc1)C(C)(C)C. The molecule has 0 heterocycles. The van der Waals surface area contributed by atoms with E-state index in [9.17, 15) is 14.9 Å². The zero-order chi connectivity index (χ0) is 23.5. The fraction of sp³-hybridized carbons (Fsp3) is 0.208. The maximum absolute atomic E-state index is 12.0. The predicted octanol–water partition coefficient (Wildman–Crippen LogP) is 3.64. The molecule has 0 spiro atoms. The molecular formula is C24H26N2O5Si. The van der Waals surface area contributed by atoms with Gasteiger partial charge in [-0.1, -0.05) is 81.4 Å². The number of carbonyl (C=O) groups excluding carboxylic acids is 1. The van der Waals surface area contributed by atoms with Gasteiger partial charge >= 0.3 is 8.32 Å². The number of ether oxygens (including phenoxy) is 1. The number of rotatable bonds is 7.